The summed E-state index contributed by atoms with van der Waals surface area (Å²) >= 11 is 0. The van der Waals surface area contributed by atoms with Crippen molar-refractivity contribution >= 4 is 28.7 Å². The van der Waals surface area contributed by atoms with Crippen LogP contribution < -0.4 is 4.74 Å². The molecule has 6 heteroatoms. The van der Waals surface area contributed by atoms with Crippen LogP contribution in [0.3, 0.4) is 0 Å². The van der Waals surface area contributed by atoms with Crippen molar-refractivity contribution in [1.29, 1.82) is 0 Å². The standard InChI is InChI=1S/C26H32O6/c1-6-25(4,23(29)32-26(5)13-14-30-21(27)16-26)17-24(2,3)22(28)31-20-12-11-18-9-7-8-10-19(18)15-20/h7-12,15H,6,13-14,16-17H2,1-5H3. The number of esters is 3. The minimum absolute atomic E-state index is 0.0337. The number of cyclic esters (lactones) is 1. The first kappa shape index (κ1) is 23.8. The van der Waals surface area contributed by atoms with Crippen LogP contribution in [0.4, 0.5) is 0 Å². The quantitative estimate of drug-likeness (QED) is 0.434. The van der Waals surface area contributed by atoms with Gasteiger partial charge in [0, 0.05) is 6.42 Å². The summed E-state index contributed by atoms with van der Waals surface area (Å²) in [5.41, 5.74) is -2.73. The molecule has 2 aromatic carbocycles. The molecule has 6 nitrogen and oxygen atoms in total. The molecule has 3 rings (SSSR count). The topological polar surface area (TPSA) is 78.9 Å². The first-order valence-electron chi connectivity index (χ1n) is 11.1. The largest absolute Gasteiger partial charge is 0.465 e. The number of carbonyl (C=O) groups excluding carboxylic acids is 3. The van der Waals surface area contributed by atoms with Gasteiger partial charge in [0.05, 0.1) is 23.9 Å². The monoisotopic (exact) mass is 440 g/mol. The van der Waals surface area contributed by atoms with E-state index >= 15 is 0 Å². The van der Waals surface area contributed by atoms with Gasteiger partial charge in [-0.25, -0.2) is 0 Å². The zero-order chi connectivity index (χ0) is 23.6. The second-order valence-corrected chi connectivity index (χ2v) is 9.86. The van der Waals surface area contributed by atoms with Crippen LogP contribution >= 0.6 is 0 Å². The average molecular weight is 441 g/mol. The predicted octanol–water partition coefficient (Wildman–Crippen LogP) is 5.22. The van der Waals surface area contributed by atoms with E-state index < -0.39 is 28.4 Å². The maximum atomic E-state index is 13.2. The summed E-state index contributed by atoms with van der Waals surface area (Å²) in [6, 6.07) is 13.4. The van der Waals surface area contributed by atoms with Crippen LogP contribution in [0.25, 0.3) is 10.8 Å². The molecule has 0 spiro atoms. The summed E-state index contributed by atoms with van der Waals surface area (Å²) in [7, 11) is 0. The Morgan fingerprint density at radius 1 is 1.06 bits per heavy atom. The summed E-state index contributed by atoms with van der Waals surface area (Å²) in [5.74, 6) is -0.726. The number of ether oxygens (including phenoxy) is 3. The Bertz CT molecular complexity index is 1030. The molecule has 0 aromatic heterocycles. The third-order valence-corrected chi connectivity index (χ3v) is 6.34. The van der Waals surface area contributed by atoms with Crippen LogP contribution in [0.15, 0.2) is 42.5 Å². The van der Waals surface area contributed by atoms with Crippen molar-refractivity contribution in [2.45, 2.75) is 65.9 Å². The normalized spacial score (nSPS) is 20.8. The molecule has 2 atom stereocenters. The minimum Gasteiger partial charge on any atom is -0.465 e. The Labute approximate surface area is 189 Å². The summed E-state index contributed by atoms with van der Waals surface area (Å²) in [6.45, 7) is 9.22. The molecule has 0 saturated carbocycles. The smallest absolute Gasteiger partial charge is 0.316 e. The number of carbonyl (C=O) groups is 3. The van der Waals surface area contributed by atoms with Gasteiger partial charge in [-0.2, -0.15) is 0 Å². The lowest BCUT2D eigenvalue weighted by molar-refractivity contribution is -0.184. The molecule has 0 aliphatic carbocycles. The van der Waals surface area contributed by atoms with Crippen molar-refractivity contribution in [1.82, 2.24) is 0 Å². The van der Waals surface area contributed by atoms with E-state index in [4.69, 9.17) is 14.2 Å². The van der Waals surface area contributed by atoms with Crippen molar-refractivity contribution < 1.29 is 28.6 Å². The Kier molecular flexibility index (Phi) is 6.63. The molecule has 1 aliphatic rings. The van der Waals surface area contributed by atoms with Crippen LogP contribution in [-0.2, 0) is 23.9 Å². The number of rotatable bonds is 7. The molecule has 0 bridgehead atoms. The lowest BCUT2D eigenvalue weighted by atomic mass is 9.72. The first-order chi connectivity index (χ1) is 15.0. The highest BCUT2D eigenvalue weighted by atomic mass is 16.6. The van der Waals surface area contributed by atoms with E-state index in [0.29, 0.717) is 18.6 Å². The summed E-state index contributed by atoms with van der Waals surface area (Å²) in [4.78, 5) is 37.9. The third-order valence-electron chi connectivity index (χ3n) is 6.34. The van der Waals surface area contributed by atoms with Gasteiger partial charge in [-0.1, -0.05) is 37.3 Å². The molecule has 1 heterocycles. The van der Waals surface area contributed by atoms with E-state index in [2.05, 4.69) is 0 Å². The van der Waals surface area contributed by atoms with E-state index in [0.717, 1.165) is 10.8 Å². The molecule has 1 saturated heterocycles. The number of benzene rings is 2. The molecule has 32 heavy (non-hydrogen) atoms. The minimum atomic E-state index is -0.929. The molecule has 2 aromatic rings. The van der Waals surface area contributed by atoms with Gasteiger partial charge in [-0.3, -0.25) is 14.4 Å². The van der Waals surface area contributed by atoms with Gasteiger partial charge in [-0.05, 0) is 63.4 Å². The highest BCUT2D eigenvalue weighted by Crippen LogP contribution is 2.40. The highest BCUT2D eigenvalue weighted by Gasteiger charge is 2.46. The predicted molar refractivity (Wildman–Crippen MR) is 121 cm³/mol. The molecule has 2 unspecified atom stereocenters. The van der Waals surface area contributed by atoms with Gasteiger partial charge in [0.1, 0.15) is 11.4 Å². The Morgan fingerprint density at radius 3 is 2.41 bits per heavy atom. The summed E-state index contributed by atoms with van der Waals surface area (Å²) < 4.78 is 16.5. The van der Waals surface area contributed by atoms with E-state index in [1.54, 1.807) is 33.8 Å². The van der Waals surface area contributed by atoms with Crippen LogP contribution in [0.2, 0.25) is 0 Å². The average Bonchev–Trinajstić information content (AvgIpc) is 2.72. The van der Waals surface area contributed by atoms with Crippen LogP contribution in [-0.4, -0.2) is 30.1 Å². The Hall–Kier alpha value is -2.89. The lowest BCUT2D eigenvalue weighted by Gasteiger charge is -2.38. The Balaban J connectivity index is 1.71. The fraction of sp³-hybridized carbons (Fsp3) is 0.500. The SMILES string of the molecule is CCC(C)(CC(C)(C)C(=O)Oc1ccc2ccccc2c1)C(=O)OC1(C)CCOC(=O)C1. The van der Waals surface area contributed by atoms with E-state index in [1.165, 1.54) is 0 Å². The maximum Gasteiger partial charge on any atom is 0.316 e. The zero-order valence-corrected chi connectivity index (χ0v) is 19.5. The molecule has 1 fully saturated rings. The molecular weight excluding hydrogens is 408 g/mol. The molecule has 0 radical (unpaired) electrons. The maximum absolute atomic E-state index is 13.2. The second-order valence-electron chi connectivity index (χ2n) is 9.86. The fourth-order valence-corrected chi connectivity index (χ4v) is 4.12. The lowest BCUT2D eigenvalue weighted by Crippen LogP contribution is -2.46. The van der Waals surface area contributed by atoms with Gasteiger partial charge in [0.15, 0.2) is 0 Å². The number of hydrogen-bond acceptors (Lipinski definition) is 6. The summed E-state index contributed by atoms with van der Waals surface area (Å²) in [5, 5.41) is 2.05. The van der Waals surface area contributed by atoms with Crippen LogP contribution in [0.1, 0.15) is 60.3 Å². The molecule has 0 amide bonds. The van der Waals surface area contributed by atoms with Crippen molar-refractivity contribution in [2.75, 3.05) is 6.61 Å². The summed E-state index contributed by atoms with van der Waals surface area (Å²) in [6.07, 6.45) is 1.23. The van der Waals surface area contributed by atoms with Crippen molar-refractivity contribution in [2.24, 2.45) is 10.8 Å². The van der Waals surface area contributed by atoms with Gasteiger partial charge in [0.25, 0.3) is 0 Å². The molecule has 172 valence electrons. The van der Waals surface area contributed by atoms with Gasteiger partial charge in [-0.15, -0.1) is 0 Å². The molecule has 0 N–H and O–H groups in total. The van der Waals surface area contributed by atoms with E-state index in [9.17, 15) is 14.4 Å². The van der Waals surface area contributed by atoms with Gasteiger partial charge >= 0.3 is 17.9 Å². The molecular formula is C26H32O6. The third kappa shape index (κ3) is 5.29. The van der Waals surface area contributed by atoms with Crippen LogP contribution in [0.5, 0.6) is 5.75 Å². The highest BCUT2D eigenvalue weighted by molar-refractivity contribution is 5.86. The van der Waals surface area contributed by atoms with Crippen molar-refractivity contribution in [3.05, 3.63) is 42.5 Å². The number of fused-ring (bicyclic) bond motifs is 1. The zero-order valence-electron chi connectivity index (χ0n) is 19.5. The fourth-order valence-electron chi connectivity index (χ4n) is 4.12. The Morgan fingerprint density at radius 2 is 1.75 bits per heavy atom. The number of hydrogen-bond donors (Lipinski definition) is 0. The van der Waals surface area contributed by atoms with Crippen LogP contribution in [0, 0.1) is 10.8 Å². The van der Waals surface area contributed by atoms with Gasteiger partial charge in [0.2, 0.25) is 0 Å². The molecule has 1 aliphatic heterocycles. The van der Waals surface area contributed by atoms with Crippen molar-refractivity contribution in [3.8, 4) is 5.75 Å². The first-order valence-corrected chi connectivity index (χ1v) is 11.1. The van der Waals surface area contributed by atoms with Crippen molar-refractivity contribution in [3.63, 3.8) is 0 Å². The van der Waals surface area contributed by atoms with Gasteiger partial charge < -0.3 is 14.2 Å². The second kappa shape index (κ2) is 8.93. The van der Waals surface area contributed by atoms with E-state index in [-0.39, 0.29) is 25.4 Å². The van der Waals surface area contributed by atoms with E-state index in [1.807, 2.05) is 43.3 Å².